The van der Waals surface area contributed by atoms with Crippen molar-refractivity contribution in [1.82, 2.24) is 9.38 Å². The lowest BCUT2D eigenvalue weighted by atomic mass is 9.95. The van der Waals surface area contributed by atoms with Crippen molar-refractivity contribution >= 4 is 34.2 Å². The number of pyridine rings is 1. The molecule has 35 heavy (non-hydrogen) atoms. The maximum absolute atomic E-state index is 12.5. The number of hydrogen-bond donors (Lipinski definition) is 1. The van der Waals surface area contributed by atoms with Gasteiger partial charge in [0, 0.05) is 12.0 Å². The van der Waals surface area contributed by atoms with Crippen LogP contribution in [-0.4, -0.2) is 22.5 Å². The van der Waals surface area contributed by atoms with Gasteiger partial charge in [-0.2, -0.15) is 5.26 Å². The Kier molecular flexibility index (Phi) is 5.68. The SMILES string of the molecule is COC(=O)c1ccccc1Nc1c(Cc2ccccc2C)c(C)c(C#N)c2nc3ccccc3n12. The minimum Gasteiger partial charge on any atom is -0.465 e. The van der Waals surface area contributed by atoms with Gasteiger partial charge in [0.2, 0.25) is 0 Å². The van der Waals surface area contributed by atoms with Crippen molar-refractivity contribution in [3.05, 3.63) is 106 Å². The number of nitriles is 1. The summed E-state index contributed by atoms with van der Waals surface area (Å²) in [5.74, 6) is 0.343. The van der Waals surface area contributed by atoms with Gasteiger partial charge in [0.1, 0.15) is 11.9 Å². The molecule has 172 valence electrons. The van der Waals surface area contributed by atoms with Gasteiger partial charge in [0.15, 0.2) is 5.65 Å². The fourth-order valence-electron chi connectivity index (χ4n) is 4.54. The van der Waals surface area contributed by atoms with Crippen molar-refractivity contribution in [2.75, 3.05) is 12.4 Å². The maximum Gasteiger partial charge on any atom is 0.339 e. The molecular weight excluding hydrogens is 436 g/mol. The number of nitrogens with one attached hydrogen (secondary N) is 1. The van der Waals surface area contributed by atoms with Crippen LogP contribution >= 0.6 is 0 Å². The molecule has 0 radical (unpaired) electrons. The first kappa shape index (κ1) is 22.2. The van der Waals surface area contributed by atoms with E-state index in [2.05, 4.69) is 30.4 Å². The highest BCUT2D eigenvalue weighted by Gasteiger charge is 2.23. The van der Waals surface area contributed by atoms with E-state index in [1.165, 1.54) is 12.7 Å². The van der Waals surface area contributed by atoms with Gasteiger partial charge in [-0.3, -0.25) is 4.40 Å². The molecule has 2 aromatic heterocycles. The Labute approximate surface area is 203 Å². The van der Waals surface area contributed by atoms with Crippen LogP contribution in [0.2, 0.25) is 0 Å². The first-order chi connectivity index (χ1) is 17.0. The molecule has 1 N–H and O–H groups in total. The van der Waals surface area contributed by atoms with Crippen LogP contribution in [0.5, 0.6) is 0 Å². The van der Waals surface area contributed by atoms with E-state index in [1.54, 1.807) is 12.1 Å². The topological polar surface area (TPSA) is 79.4 Å². The number of hydrogen-bond acceptors (Lipinski definition) is 5. The standard InChI is InChI=1S/C29H24N4O2/c1-18-10-4-5-11-20(18)16-22-19(2)23(17-30)28-32-25-14-8-9-15-26(25)33(28)27(22)31-24-13-7-6-12-21(24)29(34)35-3/h4-15,31H,16H2,1-3H3. The van der Waals surface area contributed by atoms with Crippen LogP contribution < -0.4 is 5.32 Å². The van der Waals surface area contributed by atoms with E-state index >= 15 is 0 Å². The second-order valence-corrected chi connectivity index (χ2v) is 8.46. The van der Waals surface area contributed by atoms with Crippen molar-refractivity contribution in [3.8, 4) is 6.07 Å². The summed E-state index contributed by atoms with van der Waals surface area (Å²) >= 11 is 0. The first-order valence-corrected chi connectivity index (χ1v) is 11.3. The first-order valence-electron chi connectivity index (χ1n) is 11.3. The molecule has 0 atom stereocenters. The summed E-state index contributed by atoms with van der Waals surface area (Å²) in [7, 11) is 1.37. The largest absolute Gasteiger partial charge is 0.465 e. The Hall–Kier alpha value is -4.63. The van der Waals surface area contributed by atoms with Crippen LogP contribution in [-0.2, 0) is 11.2 Å². The lowest BCUT2D eigenvalue weighted by Gasteiger charge is -2.20. The molecule has 3 aromatic carbocycles. The summed E-state index contributed by atoms with van der Waals surface area (Å²) in [4.78, 5) is 17.3. The highest BCUT2D eigenvalue weighted by molar-refractivity contribution is 5.97. The van der Waals surface area contributed by atoms with Gasteiger partial charge in [-0.1, -0.05) is 48.5 Å². The normalized spacial score (nSPS) is 10.9. The number of para-hydroxylation sites is 3. The molecule has 0 bridgehead atoms. The van der Waals surface area contributed by atoms with Crippen molar-refractivity contribution in [2.24, 2.45) is 0 Å². The highest BCUT2D eigenvalue weighted by Crippen LogP contribution is 2.35. The molecule has 0 aliphatic rings. The van der Waals surface area contributed by atoms with Gasteiger partial charge in [0.25, 0.3) is 0 Å². The quantitative estimate of drug-likeness (QED) is 0.321. The van der Waals surface area contributed by atoms with E-state index in [0.717, 1.165) is 33.5 Å². The van der Waals surface area contributed by atoms with Gasteiger partial charge in [-0.25, -0.2) is 9.78 Å². The number of aryl methyl sites for hydroxylation is 1. The number of carbonyl (C=O) groups excluding carboxylic acids is 1. The molecule has 2 heterocycles. The Morgan fingerprint density at radius 2 is 1.74 bits per heavy atom. The zero-order chi connectivity index (χ0) is 24.5. The maximum atomic E-state index is 12.5. The van der Waals surface area contributed by atoms with Crippen LogP contribution in [0.4, 0.5) is 11.5 Å². The lowest BCUT2D eigenvalue weighted by Crippen LogP contribution is -2.12. The number of fused-ring (bicyclic) bond motifs is 3. The summed E-state index contributed by atoms with van der Waals surface area (Å²) < 4.78 is 7.01. The van der Waals surface area contributed by atoms with Crippen LogP contribution in [0.25, 0.3) is 16.7 Å². The molecule has 0 aliphatic carbocycles. The molecule has 0 aliphatic heterocycles. The molecule has 0 saturated carbocycles. The van der Waals surface area contributed by atoms with Crippen LogP contribution in [0.1, 0.15) is 38.2 Å². The highest BCUT2D eigenvalue weighted by atomic mass is 16.5. The second-order valence-electron chi connectivity index (χ2n) is 8.46. The van der Waals surface area contributed by atoms with E-state index in [-0.39, 0.29) is 0 Å². The smallest absolute Gasteiger partial charge is 0.339 e. The van der Waals surface area contributed by atoms with Gasteiger partial charge in [-0.15, -0.1) is 0 Å². The fourth-order valence-corrected chi connectivity index (χ4v) is 4.54. The average molecular weight is 461 g/mol. The van der Waals surface area contributed by atoms with Crippen LogP contribution in [0, 0.1) is 25.2 Å². The fraction of sp³-hybridized carbons (Fsp3) is 0.138. The molecule has 6 heteroatoms. The number of anilines is 2. The number of benzene rings is 3. The number of rotatable bonds is 5. The monoisotopic (exact) mass is 460 g/mol. The van der Waals surface area contributed by atoms with Gasteiger partial charge >= 0.3 is 5.97 Å². The predicted octanol–water partition coefficient (Wildman–Crippen LogP) is 6.10. The third kappa shape index (κ3) is 3.77. The van der Waals surface area contributed by atoms with E-state index in [0.29, 0.717) is 28.9 Å². The Bertz CT molecular complexity index is 1640. The lowest BCUT2D eigenvalue weighted by molar-refractivity contribution is 0.0602. The molecule has 0 unspecified atom stereocenters. The van der Waals surface area contributed by atoms with Gasteiger partial charge < -0.3 is 10.1 Å². The van der Waals surface area contributed by atoms with E-state index in [1.807, 2.05) is 59.9 Å². The van der Waals surface area contributed by atoms with Crippen LogP contribution in [0.3, 0.4) is 0 Å². The van der Waals surface area contributed by atoms with Gasteiger partial charge in [-0.05, 0) is 54.8 Å². The van der Waals surface area contributed by atoms with Crippen molar-refractivity contribution in [3.63, 3.8) is 0 Å². The Balaban J connectivity index is 1.85. The minimum absolute atomic E-state index is 0.425. The average Bonchev–Trinajstić information content (AvgIpc) is 3.26. The summed E-state index contributed by atoms with van der Waals surface area (Å²) in [6.45, 7) is 4.05. The summed E-state index contributed by atoms with van der Waals surface area (Å²) in [5.41, 5.74) is 7.99. The molecule has 0 fully saturated rings. The van der Waals surface area contributed by atoms with Gasteiger partial charge in [0.05, 0.1) is 35.0 Å². The molecule has 0 saturated heterocycles. The number of nitrogens with zero attached hydrogens (tertiary/aromatic N) is 3. The summed E-state index contributed by atoms with van der Waals surface area (Å²) in [6.07, 6.45) is 0.609. The molecule has 6 nitrogen and oxygen atoms in total. The molecule has 5 rings (SSSR count). The number of aromatic nitrogens is 2. The molecular formula is C29H24N4O2. The number of methoxy groups -OCH3 is 1. The number of esters is 1. The zero-order valence-electron chi connectivity index (χ0n) is 19.8. The van der Waals surface area contributed by atoms with Crippen molar-refractivity contribution in [2.45, 2.75) is 20.3 Å². The summed E-state index contributed by atoms with van der Waals surface area (Å²) in [5, 5.41) is 13.7. The van der Waals surface area contributed by atoms with E-state index in [4.69, 9.17) is 9.72 Å². The van der Waals surface area contributed by atoms with E-state index in [9.17, 15) is 10.1 Å². The molecule has 0 spiro atoms. The second kappa shape index (κ2) is 8.96. The summed E-state index contributed by atoms with van der Waals surface area (Å²) in [6, 6.07) is 25.7. The third-order valence-corrected chi connectivity index (χ3v) is 6.45. The minimum atomic E-state index is -0.425. The molecule has 0 amide bonds. The van der Waals surface area contributed by atoms with Crippen LogP contribution in [0.15, 0.2) is 72.8 Å². The Morgan fingerprint density at radius 3 is 2.51 bits per heavy atom. The predicted molar refractivity (Wildman–Crippen MR) is 137 cm³/mol. The van der Waals surface area contributed by atoms with E-state index < -0.39 is 5.97 Å². The third-order valence-electron chi connectivity index (χ3n) is 6.45. The number of ether oxygens (including phenoxy) is 1. The number of imidazole rings is 1. The zero-order valence-corrected chi connectivity index (χ0v) is 19.8. The number of carbonyl (C=O) groups is 1. The molecule has 5 aromatic rings. The Morgan fingerprint density at radius 1 is 1.03 bits per heavy atom. The van der Waals surface area contributed by atoms with Crippen molar-refractivity contribution in [1.29, 1.82) is 5.26 Å². The van der Waals surface area contributed by atoms with Crippen molar-refractivity contribution < 1.29 is 9.53 Å².